The summed E-state index contributed by atoms with van der Waals surface area (Å²) in [6, 6.07) is 68.8. The van der Waals surface area contributed by atoms with Gasteiger partial charge in [-0.1, -0.05) is 127 Å². The van der Waals surface area contributed by atoms with E-state index in [1.807, 2.05) is 42.5 Å². The van der Waals surface area contributed by atoms with E-state index in [0.717, 1.165) is 93.5 Å². The van der Waals surface area contributed by atoms with Gasteiger partial charge < -0.3 is 13.7 Å². The van der Waals surface area contributed by atoms with Crippen molar-refractivity contribution in [2.24, 2.45) is 0 Å². The first-order valence-electron chi connectivity index (χ1n) is 19.3. The zero-order valence-electron chi connectivity index (χ0n) is 30.7. The zero-order valence-corrected chi connectivity index (χ0v) is 30.7. The molecule has 2 aromatic heterocycles. The molecule has 0 bridgehead atoms. The molecule has 2 heterocycles. The molecule has 266 valence electrons. The van der Waals surface area contributed by atoms with Crippen LogP contribution >= 0.6 is 0 Å². The van der Waals surface area contributed by atoms with Gasteiger partial charge in [-0.3, -0.25) is 0 Å². The Morgan fingerprint density at radius 2 is 1.04 bits per heavy atom. The van der Waals surface area contributed by atoms with Crippen molar-refractivity contribution in [3.63, 3.8) is 0 Å². The summed E-state index contributed by atoms with van der Waals surface area (Å²) >= 11 is 0. The van der Waals surface area contributed by atoms with Gasteiger partial charge in [0.2, 0.25) is 5.89 Å². The number of nitrogens with zero attached hydrogens (tertiary/aromatic N) is 2. The third-order valence-electron chi connectivity index (χ3n) is 11.4. The standard InChI is InChI=1S/C53H32N2O2/c1-2-11-36(12-3-1)53-54-47-28-24-35-21-20-34-22-23-38-31-40(25-27-44(38)50(34)51(35)52(47)57-53)55(41-26-29-49-46(32-41)45-17-6-7-19-48(45)56-49)39-15-8-14-37(30-39)43-18-9-13-33-10-4-5-16-42(33)43/h1-32H. The van der Waals surface area contributed by atoms with Crippen LogP contribution in [0, 0.1) is 0 Å². The molecule has 0 aliphatic rings. The molecule has 0 unspecified atom stereocenters. The minimum atomic E-state index is 0.626. The number of furan rings is 1. The molecule has 12 rings (SSSR count). The van der Waals surface area contributed by atoms with Crippen molar-refractivity contribution in [2.75, 3.05) is 4.90 Å². The molecule has 0 amide bonds. The Bertz CT molecular complexity index is 3540. The summed E-state index contributed by atoms with van der Waals surface area (Å²) in [5.41, 5.74) is 9.91. The van der Waals surface area contributed by atoms with Crippen LogP contribution in [0.15, 0.2) is 203 Å². The fraction of sp³-hybridized carbons (Fsp3) is 0. The maximum atomic E-state index is 6.61. The maximum Gasteiger partial charge on any atom is 0.227 e. The average molecular weight is 729 g/mol. The quantitative estimate of drug-likeness (QED) is 0.166. The van der Waals surface area contributed by atoms with Gasteiger partial charge in [0.05, 0.1) is 0 Å². The molecule has 0 fully saturated rings. The fourth-order valence-electron chi connectivity index (χ4n) is 8.77. The number of hydrogen-bond acceptors (Lipinski definition) is 4. The molecule has 0 spiro atoms. The number of oxazole rings is 1. The molecule has 10 aromatic carbocycles. The van der Waals surface area contributed by atoms with E-state index in [9.17, 15) is 0 Å². The highest BCUT2D eigenvalue weighted by molar-refractivity contribution is 6.26. The van der Waals surface area contributed by atoms with Crippen LogP contribution in [0.5, 0.6) is 0 Å². The van der Waals surface area contributed by atoms with Crippen molar-refractivity contribution in [2.45, 2.75) is 0 Å². The van der Waals surface area contributed by atoms with E-state index in [0.29, 0.717) is 5.89 Å². The van der Waals surface area contributed by atoms with Gasteiger partial charge in [-0.25, -0.2) is 4.98 Å². The van der Waals surface area contributed by atoms with E-state index < -0.39 is 0 Å². The lowest BCUT2D eigenvalue weighted by Crippen LogP contribution is -2.10. The normalized spacial score (nSPS) is 11.9. The Morgan fingerprint density at radius 1 is 0.368 bits per heavy atom. The van der Waals surface area contributed by atoms with E-state index in [1.54, 1.807) is 0 Å². The van der Waals surface area contributed by atoms with Gasteiger partial charge in [0.25, 0.3) is 0 Å². The summed E-state index contributed by atoms with van der Waals surface area (Å²) in [6.45, 7) is 0. The highest BCUT2D eigenvalue weighted by Gasteiger charge is 2.19. The van der Waals surface area contributed by atoms with Gasteiger partial charge in [0.1, 0.15) is 16.7 Å². The SMILES string of the molecule is c1ccc(-c2nc3ccc4ccc5ccc6cc(N(c7cccc(-c8cccc9ccccc89)c7)c7ccc8oc9ccccc9c8c7)ccc6c5c4c3o2)cc1. The minimum absolute atomic E-state index is 0.626. The van der Waals surface area contributed by atoms with Crippen LogP contribution in [0.25, 0.3) is 98.7 Å². The van der Waals surface area contributed by atoms with Crippen molar-refractivity contribution >= 4 is 93.2 Å². The number of aromatic nitrogens is 1. The molecule has 0 N–H and O–H groups in total. The van der Waals surface area contributed by atoms with Crippen molar-refractivity contribution in [1.82, 2.24) is 4.98 Å². The smallest absolute Gasteiger partial charge is 0.227 e. The van der Waals surface area contributed by atoms with E-state index in [4.69, 9.17) is 13.8 Å². The minimum Gasteiger partial charge on any atom is -0.456 e. The highest BCUT2D eigenvalue weighted by atomic mass is 16.3. The number of para-hydroxylation sites is 1. The Kier molecular flexibility index (Phi) is 6.89. The predicted octanol–water partition coefficient (Wildman–Crippen LogP) is 15.1. The molecule has 0 aliphatic carbocycles. The molecular weight excluding hydrogens is 697 g/mol. The number of hydrogen-bond donors (Lipinski definition) is 0. The van der Waals surface area contributed by atoms with Crippen LogP contribution in [-0.4, -0.2) is 4.98 Å². The second kappa shape index (κ2) is 12.4. The van der Waals surface area contributed by atoms with E-state index in [-0.39, 0.29) is 0 Å². The first-order chi connectivity index (χ1) is 28.2. The van der Waals surface area contributed by atoms with Gasteiger partial charge in [0.15, 0.2) is 5.58 Å². The largest absolute Gasteiger partial charge is 0.456 e. The Labute approximate surface area is 327 Å². The van der Waals surface area contributed by atoms with Gasteiger partial charge in [-0.05, 0) is 110 Å². The first-order valence-corrected chi connectivity index (χ1v) is 19.3. The topological polar surface area (TPSA) is 42.4 Å². The lowest BCUT2D eigenvalue weighted by Gasteiger charge is -2.27. The summed E-state index contributed by atoms with van der Waals surface area (Å²) in [4.78, 5) is 7.29. The van der Waals surface area contributed by atoms with Crippen molar-refractivity contribution in [1.29, 1.82) is 0 Å². The Hall–Kier alpha value is -7.69. The molecule has 4 heteroatoms. The van der Waals surface area contributed by atoms with Crippen molar-refractivity contribution < 1.29 is 8.83 Å². The molecular formula is C53H32N2O2. The summed E-state index contributed by atoms with van der Waals surface area (Å²) in [6.07, 6.45) is 0. The molecule has 0 saturated heterocycles. The van der Waals surface area contributed by atoms with Gasteiger partial charge in [0, 0.05) is 44.2 Å². The van der Waals surface area contributed by atoms with Crippen LogP contribution in [-0.2, 0) is 0 Å². The molecule has 4 nitrogen and oxygen atoms in total. The Morgan fingerprint density at radius 3 is 1.95 bits per heavy atom. The summed E-state index contributed by atoms with van der Waals surface area (Å²) in [7, 11) is 0. The number of rotatable bonds is 5. The Balaban J connectivity index is 1.08. The number of benzene rings is 10. The third-order valence-corrected chi connectivity index (χ3v) is 11.4. The molecule has 0 atom stereocenters. The van der Waals surface area contributed by atoms with Crippen LogP contribution < -0.4 is 4.90 Å². The molecule has 0 radical (unpaired) electrons. The van der Waals surface area contributed by atoms with Crippen molar-refractivity contribution in [3.8, 4) is 22.6 Å². The van der Waals surface area contributed by atoms with E-state index in [2.05, 4.69) is 157 Å². The summed E-state index contributed by atoms with van der Waals surface area (Å²) < 4.78 is 12.9. The van der Waals surface area contributed by atoms with E-state index >= 15 is 0 Å². The second-order valence-corrected chi connectivity index (χ2v) is 14.7. The van der Waals surface area contributed by atoms with Gasteiger partial charge >= 0.3 is 0 Å². The zero-order chi connectivity index (χ0) is 37.5. The third kappa shape index (κ3) is 5.04. The molecule has 12 aromatic rings. The maximum absolute atomic E-state index is 6.61. The predicted molar refractivity (Wildman–Crippen MR) is 237 cm³/mol. The van der Waals surface area contributed by atoms with Crippen LogP contribution in [0.2, 0.25) is 0 Å². The monoisotopic (exact) mass is 728 g/mol. The van der Waals surface area contributed by atoms with Crippen LogP contribution in [0.4, 0.5) is 17.1 Å². The lowest BCUT2D eigenvalue weighted by atomic mass is 9.95. The number of fused-ring (bicyclic) bond motifs is 11. The van der Waals surface area contributed by atoms with Gasteiger partial charge in [-0.15, -0.1) is 0 Å². The average Bonchev–Trinajstić information content (AvgIpc) is 3.88. The van der Waals surface area contributed by atoms with Crippen LogP contribution in [0.3, 0.4) is 0 Å². The second-order valence-electron chi connectivity index (χ2n) is 14.7. The van der Waals surface area contributed by atoms with Crippen molar-refractivity contribution in [3.05, 3.63) is 194 Å². The summed E-state index contributed by atoms with van der Waals surface area (Å²) in [5.74, 6) is 0.626. The van der Waals surface area contributed by atoms with Crippen LogP contribution in [0.1, 0.15) is 0 Å². The van der Waals surface area contributed by atoms with Gasteiger partial charge in [-0.2, -0.15) is 0 Å². The number of anilines is 3. The highest BCUT2D eigenvalue weighted by Crippen LogP contribution is 2.43. The molecule has 57 heavy (non-hydrogen) atoms. The summed E-state index contributed by atoms with van der Waals surface area (Å²) in [5, 5.41) is 11.5. The first kappa shape index (κ1) is 31.6. The molecule has 0 saturated carbocycles. The fourth-order valence-corrected chi connectivity index (χ4v) is 8.77. The lowest BCUT2D eigenvalue weighted by molar-refractivity contribution is 0.623. The van der Waals surface area contributed by atoms with E-state index in [1.165, 1.54) is 16.3 Å². The molecule has 0 aliphatic heterocycles.